The predicted molar refractivity (Wildman–Crippen MR) is 80.5 cm³/mol. The average molecular weight is 266 g/mol. The summed E-state index contributed by atoms with van der Waals surface area (Å²) in [6.07, 6.45) is 1.28. The molecule has 1 aromatic heterocycles. The Morgan fingerprint density at radius 3 is 2.61 bits per heavy atom. The van der Waals surface area contributed by atoms with Gasteiger partial charge in [0.25, 0.3) is 0 Å². The maximum Gasteiger partial charge on any atom is 0.0331 e. The first-order valence-corrected chi connectivity index (χ1v) is 7.86. The standard InChI is InChI=1S/C15H26N2S/c1-10(2)16-14-6-7-17(9-14)12(4)15-8-11(3)18-13(15)5/h8,10,12,14,16H,6-7,9H2,1-5H3. The van der Waals surface area contributed by atoms with E-state index in [1.165, 1.54) is 34.8 Å². The number of nitrogens with one attached hydrogen (secondary N) is 1. The van der Waals surface area contributed by atoms with Crippen LogP contribution in [0.3, 0.4) is 0 Å². The van der Waals surface area contributed by atoms with Gasteiger partial charge in [-0.2, -0.15) is 0 Å². The lowest BCUT2D eigenvalue weighted by Gasteiger charge is -2.25. The summed E-state index contributed by atoms with van der Waals surface area (Å²) in [4.78, 5) is 5.54. The van der Waals surface area contributed by atoms with Gasteiger partial charge in [0, 0.05) is 41.0 Å². The summed E-state index contributed by atoms with van der Waals surface area (Å²) in [5, 5.41) is 3.66. The van der Waals surface area contributed by atoms with Crippen LogP contribution in [0.2, 0.25) is 0 Å². The van der Waals surface area contributed by atoms with Crippen LogP contribution >= 0.6 is 11.3 Å². The summed E-state index contributed by atoms with van der Waals surface area (Å²) in [6, 6.07) is 4.20. The van der Waals surface area contributed by atoms with Gasteiger partial charge in [-0.25, -0.2) is 0 Å². The van der Waals surface area contributed by atoms with Crippen molar-refractivity contribution in [3.05, 3.63) is 21.4 Å². The van der Waals surface area contributed by atoms with Gasteiger partial charge in [0.05, 0.1) is 0 Å². The summed E-state index contributed by atoms with van der Waals surface area (Å²) < 4.78 is 0. The van der Waals surface area contributed by atoms with E-state index >= 15 is 0 Å². The number of thiophene rings is 1. The molecule has 2 atom stereocenters. The molecule has 102 valence electrons. The van der Waals surface area contributed by atoms with E-state index in [4.69, 9.17) is 0 Å². The van der Waals surface area contributed by atoms with Crippen LogP contribution in [0.25, 0.3) is 0 Å². The third kappa shape index (κ3) is 3.14. The van der Waals surface area contributed by atoms with Gasteiger partial charge in [0.2, 0.25) is 0 Å². The zero-order valence-corrected chi connectivity index (χ0v) is 13.1. The third-order valence-corrected chi connectivity index (χ3v) is 4.85. The van der Waals surface area contributed by atoms with Crippen molar-refractivity contribution < 1.29 is 0 Å². The molecule has 3 heteroatoms. The average Bonchev–Trinajstić information content (AvgIpc) is 2.84. The van der Waals surface area contributed by atoms with Gasteiger partial charge >= 0.3 is 0 Å². The van der Waals surface area contributed by atoms with Gasteiger partial charge in [-0.3, -0.25) is 4.90 Å². The Kier molecular flexibility index (Phi) is 4.46. The largest absolute Gasteiger partial charge is 0.310 e. The molecule has 2 rings (SSSR count). The minimum atomic E-state index is 0.564. The predicted octanol–water partition coefficient (Wildman–Crippen LogP) is 3.50. The second-order valence-electron chi connectivity index (χ2n) is 5.85. The number of hydrogen-bond donors (Lipinski definition) is 1. The molecule has 2 nitrogen and oxygen atoms in total. The molecular formula is C15H26N2S. The van der Waals surface area contributed by atoms with Gasteiger partial charge in [0.15, 0.2) is 0 Å². The quantitative estimate of drug-likeness (QED) is 0.897. The molecule has 0 amide bonds. The second-order valence-corrected chi connectivity index (χ2v) is 7.31. The van der Waals surface area contributed by atoms with E-state index in [2.05, 4.69) is 50.9 Å². The molecule has 1 aromatic rings. The second kappa shape index (κ2) is 5.72. The molecule has 0 saturated carbocycles. The van der Waals surface area contributed by atoms with E-state index in [0.29, 0.717) is 18.1 Å². The van der Waals surface area contributed by atoms with Crippen LogP contribution < -0.4 is 5.32 Å². The maximum atomic E-state index is 3.66. The summed E-state index contributed by atoms with van der Waals surface area (Å²) in [5.41, 5.74) is 1.53. The number of hydrogen-bond acceptors (Lipinski definition) is 3. The van der Waals surface area contributed by atoms with Crippen LogP contribution in [-0.4, -0.2) is 30.1 Å². The fourth-order valence-electron chi connectivity index (χ4n) is 3.01. The molecule has 0 spiro atoms. The number of nitrogens with zero attached hydrogens (tertiary/aromatic N) is 1. The van der Waals surface area contributed by atoms with E-state index < -0.39 is 0 Å². The highest BCUT2D eigenvalue weighted by molar-refractivity contribution is 7.12. The Bertz CT molecular complexity index is 397. The van der Waals surface area contributed by atoms with Crippen molar-refractivity contribution in [3.8, 4) is 0 Å². The van der Waals surface area contributed by atoms with Crippen LogP contribution in [0.15, 0.2) is 6.07 Å². The molecule has 18 heavy (non-hydrogen) atoms. The lowest BCUT2D eigenvalue weighted by Crippen LogP contribution is -2.37. The van der Waals surface area contributed by atoms with Gasteiger partial charge in [-0.05, 0) is 38.8 Å². The van der Waals surface area contributed by atoms with E-state index in [0.717, 1.165) is 0 Å². The summed E-state index contributed by atoms with van der Waals surface area (Å²) in [6.45, 7) is 13.7. The Balaban J connectivity index is 1.99. The lowest BCUT2D eigenvalue weighted by atomic mass is 10.1. The molecule has 1 aliphatic heterocycles. The minimum absolute atomic E-state index is 0.564. The van der Waals surface area contributed by atoms with Crippen molar-refractivity contribution in [2.45, 2.75) is 59.2 Å². The molecule has 2 unspecified atom stereocenters. The van der Waals surface area contributed by atoms with Gasteiger partial charge in [0.1, 0.15) is 0 Å². The SMILES string of the molecule is Cc1cc(C(C)N2CCC(NC(C)C)C2)c(C)s1. The Hall–Kier alpha value is -0.380. The molecule has 0 aromatic carbocycles. The van der Waals surface area contributed by atoms with Crippen LogP contribution in [-0.2, 0) is 0 Å². The van der Waals surface area contributed by atoms with Gasteiger partial charge in [-0.15, -0.1) is 11.3 Å². The molecule has 0 radical (unpaired) electrons. The molecule has 2 heterocycles. The van der Waals surface area contributed by atoms with Crippen LogP contribution in [0, 0.1) is 13.8 Å². The van der Waals surface area contributed by atoms with E-state index in [9.17, 15) is 0 Å². The van der Waals surface area contributed by atoms with Crippen molar-refractivity contribution in [2.75, 3.05) is 13.1 Å². The first kappa shape index (κ1) is 14.0. The summed E-state index contributed by atoms with van der Waals surface area (Å²) >= 11 is 1.93. The molecule has 1 saturated heterocycles. The molecule has 0 aliphatic carbocycles. The normalized spacial score (nSPS) is 22.9. The van der Waals surface area contributed by atoms with E-state index in [-0.39, 0.29) is 0 Å². The van der Waals surface area contributed by atoms with Crippen molar-refractivity contribution in [2.24, 2.45) is 0 Å². The molecule has 1 aliphatic rings. The lowest BCUT2D eigenvalue weighted by molar-refractivity contribution is 0.254. The Morgan fingerprint density at radius 2 is 2.06 bits per heavy atom. The smallest absolute Gasteiger partial charge is 0.0331 e. The Labute approximate surface area is 115 Å². The highest BCUT2D eigenvalue weighted by Crippen LogP contribution is 2.31. The van der Waals surface area contributed by atoms with Crippen LogP contribution in [0.5, 0.6) is 0 Å². The summed E-state index contributed by atoms with van der Waals surface area (Å²) in [5.74, 6) is 0. The minimum Gasteiger partial charge on any atom is -0.310 e. The molecule has 1 N–H and O–H groups in total. The van der Waals surface area contributed by atoms with Crippen molar-refractivity contribution in [3.63, 3.8) is 0 Å². The number of rotatable bonds is 4. The van der Waals surface area contributed by atoms with Crippen molar-refractivity contribution in [1.29, 1.82) is 0 Å². The fourth-order valence-corrected chi connectivity index (χ4v) is 4.02. The highest BCUT2D eigenvalue weighted by atomic mass is 32.1. The number of aryl methyl sites for hydroxylation is 2. The van der Waals surface area contributed by atoms with E-state index in [1.54, 1.807) is 0 Å². The zero-order chi connectivity index (χ0) is 13.3. The highest BCUT2D eigenvalue weighted by Gasteiger charge is 2.27. The Morgan fingerprint density at radius 1 is 1.33 bits per heavy atom. The van der Waals surface area contributed by atoms with Crippen LogP contribution in [0.1, 0.15) is 48.6 Å². The molecule has 1 fully saturated rings. The first-order valence-electron chi connectivity index (χ1n) is 7.04. The van der Waals surface area contributed by atoms with Crippen molar-refractivity contribution >= 4 is 11.3 Å². The van der Waals surface area contributed by atoms with Crippen molar-refractivity contribution in [1.82, 2.24) is 10.2 Å². The number of likely N-dealkylation sites (tertiary alicyclic amines) is 1. The van der Waals surface area contributed by atoms with Crippen LogP contribution in [0.4, 0.5) is 0 Å². The first-order chi connectivity index (χ1) is 8.47. The third-order valence-electron chi connectivity index (χ3n) is 3.87. The van der Waals surface area contributed by atoms with E-state index in [1.807, 2.05) is 11.3 Å². The van der Waals surface area contributed by atoms with Gasteiger partial charge in [-0.1, -0.05) is 13.8 Å². The fraction of sp³-hybridized carbons (Fsp3) is 0.733. The topological polar surface area (TPSA) is 15.3 Å². The summed E-state index contributed by atoms with van der Waals surface area (Å²) in [7, 11) is 0. The molecule has 0 bridgehead atoms. The maximum absolute atomic E-state index is 3.66. The monoisotopic (exact) mass is 266 g/mol. The molecular weight excluding hydrogens is 240 g/mol. The zero-order valence-electron chi connectivity index (χ0n) is 12.3. The van der Waals surface area contributed by atoms with Gasteiger partial charge < -0.3 is 5.32 Å².